The van der Waals surface area contributed by atoms with Crippen LogP contribution in [0.25, 0.3) is 0 Å². The fourth-order valence-corrected chi connectivity index (χ4v) is 1.83. The summed E-state index contributed by atoms with van der Waals surface area (Å²) in [6, 6.07) is 6.56. The van der Waals surface area contributed by atoms with Crippen molar-refractivity contribution in [3.63, 3.8) is 0 Å². The first kappa shape index (κ1) is 12.8. The molecule has 4 nitrogen and oxygen atoms in total. The molecule has 1 aromatic carbocycles. The standard InChI is InChI=1S/C13H14ClN3O/c1-17-8-10(7-16-17)13(15)12(18)6-9-2-4-11(14)5-3-9/h2-5,7-8,13H,6,15H2,1H3. The third kappa shape index (κ3) is 2.97. The maximum atomic E-state index is 12.0. The van der Waals surface area contributed by atoms with E-state index in [9.17, 15) is 4.79 Å². The highest BCUT2D eigenvalue weighted by Crippen LogP contribution is 2.15. The molecule has 0 saturated carbocycles. The number of Topliss-reactive ketones (excluding diaryl/α,β-unsaturated/α-hetero) is 1. The van der Waals surface area contributed by atoms with E-state index in [1.807, 2.05) is 12.1 Å². The minimum Gasteiger partial charge on any atom is -0.318 e. The second-order valence-electron chi connectivity index (χ2n) is 4.19. The van der Waals surface area contributed by atoms with Gasteiger partial charge in [0.2, 0.25) is 0 Å². The van der Waals surface area contributed by atoms with E-state index in [1.54, 1.807) is 36.3 Å². The van der Waals surface area contributed by atoms with Crippen LogP contribution in [-0.4, -0.2) is 15.6 Å². The Morgan fingerprint density at radius 2 is 2.11 bits per heavy atom. The first-order valence-electron chi connectivity index (χ1n) is 5.57. The van der Waals surface area contributed by atoms with E-state index in [-0.39, 0.29) is 5.78 Å². The zero-order valence-corrected chi connectivity index (χ0v) is 10.8. The van der Waals surface area contributed by atoms with Crippen molar-refractivity contribution in [2.45, 2.75) is 12.5 Å². The van der Waals surface area contributed by atoms with Crippen molar-refractivity contribution in [3.05, 3.63) is 52.8 Å². The molecule has 0 bridgehead atoms. The van der Waals surface area contributed by atoms with Gasteiger partial charge in [0.15, 0.2) is 5.78 Å². The Morgan fingerprint density at radius 1 is 1.44 bits per heavy atom. The second kappa shape index (κ2) is 5.33. The Bertz CT molecular complexity index is 548. The molecule has 0 aliphatic heterocycles. The van der Waals surface area contributed by atoms with E-state index in [4.69, 9.17) is 17.3 Å². The van der Waals surface area contributed by atoms with Crippen LogP contribution in [0.3, 0.4) is 0 Å². The van der Waals surface area contributed by atoms with E-state index >= 15 is 0 Å². The maximum absolute atomic E-state index is 12.0. The van der Waals surface area contributed by atoms with Gasteiger partial charge in [-0.25, -0.2) is 0 Å². The molecule has 1 aromatic heterocycles. The number of aromatic nitrogens is 2. The van der Waals surface area contributed by atoms with Gasteiger partial charge in [0.25, 0.3) is 0 Å². The Balaban J connectivity index is 2.05. The predicted molar refractivity (Wildman–Crippen MR) is 70.3 cm³/mol. The highest BCUT2D eigenvalue weighted by Gasteiger charge is 2.17. The highest BCUT2D eigenvalue weighted by atomic mass is 35.5. The molecule has 0 fully saturated rings. The first-order valence-corrected chi connectivity index (χ1v) is 5.95. The minimum atomic E-state index is -0.630. The molecular formula is C13H14ClN3O. The number of nitrogens with two attached hydrogens (primary N) is 1. The van der Waals surface area contributed by atoms with Crippen LogP contribution in [0.1, 0.15) is 17.2 Å². The molecule has 94 valence electrons. The number of rotatable bonds is 4. The maximum Gasteiger partial charge on any atom is 0.158 e. The van der Waals surface area contributed by atoms with Gasteiger partial charge >= 0.3 is 0 Å². The summed E-state index contributed by atoms with van der Waals surface area (Å²) in [6.07, 6.45) is 3.67. The molecule has 18 heavy (non-hydrogen) atoms. The minimum absolute atomic E-state index is 0.0367. The SMILES string of the molecule is Cn1cc(C(N)C(=O)Cc2ccc(Cl)cc2)cn1. The van der Waals surface area contributed by atoms with Crippen LogP contribution < -0.4 is 5.73 Å². The third-order valence-electron chi connectivity index (χ3n) is 2.72. The van der Waals surface area contributed by atoms with Crippen LogP contribution in [0.15, 0.2) is 36.7 Å². The van der Waals surface area contributed by atoms with E-state index < -0.39 is 6.04 Å². The van der Waals surface area contributed by atoms with Crippen LogP contribution in [0.5, 0.6) is 0 Å². The Kier molecular flexibility index (Phi) is 3.79. The molecule has 0 aliphatic rings. The molecule has 2 rings (SSSR count). The largest absolute Gasteiger partial charge is 0.318 e. The lowest BCUT2D eigenvalue weighted by Gasteiger charge is -2.08. The summed E-state index contributed by atoms with van der Waals surface area (Å²) >= 11 is 5.79. The number of aryl methyl sites for hydroxylation is 1. The van der Waals surface area contributed by atoms with Gasteiger partial charge in [0, 0.05) is 30.3 Å². The number of carbonyl (C=O) groups is 1. The summed E-state index contributed by atoms with van der Waals surface area (Å²) < 4.78 is 1.63. The number of ketones is 1. The molecule has 0 spiro atoms. The van der Waals surface area contributed by atoms with Gasteiger partial charge in [-0.1, -0.05) is 23.7 Å². The van der Waals surface area contributed by atoms with Gasteiger partial charge in [0.05, 0.1) is 12.2 Å². The van der Waals surface area contributed by atoms with Crippen LogP contribution >= 0.6 is 11.6 Å². The molecule has 1 heterocycles. The zero-order chi connectivity index (χ0) is 13.1. The number of halogens is 1. The molecule has 0 aliphatic carbocycles. The number of hydrogen-bond donors (Lipinski definition) is 1. The fourth-order valence-electron chi connectivity index (χ4n) is 1.70. The van der Waals surface area contributed by atoms with Crippen molar-refractivity contribution in [2.75, 3.05) is 0 Å². The predicted octanol–water partition coefficient (Wildman–Crippen LogP) is 1.89. The first-order chi connectivity index (χ1) is 8.56. The molecule has 2 aromatic rings. The van der Waals surface area contributed by atoms with E-state index in [0.29, 0.717) is 11.4 Å². The van der Waals surface area contributed by atoms with Crippen molar-refractivity contribution in [2.24, 2.45) is 12.8 Å². The van der Waals surface area contributed by atoms with Crippen LogP contribution in [0.4, 0.5) is 0 Å². The van der Waals surface area contributed by atoms with Crippen LogP contribution in [0.2, 0.25) is 5.02 Å². The van der Waals surface area contributed by atoms with Gasteiger partial charge in [-0.2, -0.15) is 5.10 Å². The van der Waals surface area contributed by atoms with Crippen molar-refractivity contribution in [1.82, 2.24) is 9.78 Å². The van der Waals surface area contributed by atoms with Crippen molar-refractivity contribution in [3.8, 4) is 0 Å². The molecule has 1 unspecified atom stereocenters. The van der Waals surface area contributed by atoms with Gasteiger partial charge < -0.3 is 5.73 Å². The number of carbonyl (C=O) groups excluding carboxylic acids is 1. The van der Waals surface area contributed by atoms with E-state index in [2.05, 4.69) is 5.10 Å². The molecule has 0 saturated heterocycles. The molecule has 5 heteroatoms. The summed E-state index contributed by atoms with van der Waals surface area (Å²) in [5.74, 6) is -0.0367. The van der Waals surface area contributed by atoms with Crippen molar-refractivity contribution >= 4 is 17.4 Å². The smallest absolute Gasteiger partial charge is 0.158 e. The lowest BCUT2D eigenvalue weighted by Crippen LogP contribution is -2.22. The molecule has 0 radical (unpaired) electrons. The lowest BCUT2D eigenvalue weighted by atomic mass is 10.0. The lowest BCUT2D eigenvalue weighted by molar-refractivity contribution is -0.119. The second-order valence-corrected chi connectivity index (χ2v) is 4.63. The van der Waals surface area contributed by atoms with Crippen molar-refractivity contribution < 1.29 is 4.79 Å². The monoisotopic (exact) mass is 263 g/mol. The van der Waals surface area contributed by atoms with Gasteiger partial charge in [0.1, 0.15) is 0 Å². The molecular weight excluding hydrogens is 250 g/mol. The normalized spacial score (nSPS) is 12.4. The summed E-state index contributed by atoms with van der Waals surface area (Å²) in [4.78, 5) is 12.0. The van der Waals surface area contributed by atoms with Crippen molar-refractivity contribution in [1.29, 1.82) is 0 Å². The Morgan fingerprint density at radius 3 is 2.67 bits per heavy atom. The highest BCUT2D eigenvalue weighted by molar-refractivity contribution is 6.30. The Hall–Kier alpha value is -1.65. The van der Waals surface area contributed by atoms with E-state index in [0.717, 1.165) is 11.1 Å². The number of benzene rings is 1. The average molecular weight is 264 g/mol. The van der Waals surface area contributed by atoms with Gasteiger partial charge in [-0.15, -0.1) is 0 Å². The quantitative estimate of drug-likeness (QED) is 0.916. The summed E-state index contributed by atoms with van der Waals surface area (Å²) in [5, 5.41) is 4.66. The molecule has 2 N–H and O–H groups in total. The molecule has 1 atom stereocenters. The summed E-state index contributed by atoms with van der Waals surface area (Å²) in [5.41, 5.74) is 7.54. The molecule has 0 amide bonds. The summed E-state index contributed by atoms with van der Waals surface area (Å²) in [6.45, 7) is 0. The van der Waals surface area contributed by atoms with Crippen LogP contribution in [-0.2, 0) is 18.3 Å². The summed E-state index contributed by atoms with van der Waals surface area (Å²) in [7, 11) is 1.79. The number of nitrogens with zero attached hydrogens (tertiary/aromatic N) is 2. The fraction of sp³-hybridized carbons (Fsp3) is 0.231. The Labute approximate surface area is 110 Å². The average Bonchev–Trinajstić information content (AvgIpc) is 2.78. The van der Waals surface area contributed by atoms with Gasteiger partial charge in [-0.05, 0) is 17.7 Å². The van der Waals surface area contributed by atoms with Gasteiger partial charge in [-0.3, -0.25) is 9.48 Å². The van der Waals surface area contributed by atoms with Crippen LogP contribution in [0, 0.1) is 0 Å². The third-order valence-corrected chi connectivity index (χ3v) is 2.97. The zero-order valence-electron chi connectivity index (χ0n) is 10.0. The topological polar surface area (TPSA) is 60.9 Å². The number of hydrogen-bond acceptors (Lipinski definition) is 3. The van der Waals surface area contributed by atoms with E-state index in [1.165, 1.54) is 0 Å².